The number of allylic oxidation sites excluding steroid dienone is 4. The first-order valence-electron chi connectivity index (χ1n) is 4.90. The molecule has 0 aromatic rings. The maximum Gasteiger partial charge on any atom is 0.127 e. The van der Waals surface area contributed by atoms with Crippen molar-refractivity contribution in [2.24, 2.45) is 11.8 Å². The number of aldehydes is 1. The van der Waals surface area contributed by atoms with Crippen LogP contribution in [-0.4, -0.2) is 6.29 Å². The molecule has 0 saturated carbocycles. The van der Waals surface area contributed by atoms with Crippen LogP contribution in [0.4, 0.5) is 0 Å². The van der Waals surface area contributed by atoms with E-state index in [1.54, 1.807) is 0 Å². The molecule has 0 spiro atoms. The highest BCUT2D eigenvalue weighted by atomic mass is 16.1. The van der Waals surface area contributed by atoms with Gasteiger partial charge in [0.25, 0.3) is 0 Å². The van der Waals surface area contributed by atoms with E-state index in [9.17, 15) is 4.79 Å². The fourth-order valence-corrected chi connectivity index (χ4v) is 1.94. The van der Waals surface area contributed by atoms with E-state index in [0.29, 0.717) is 5.92 Å². The number of carbonyl (C=O) groups excluding carboxylic acids is 1. The van der Waals surface area contributed by atoms with Crippen molar-refractivity contribution >= 4 is 6.29 Å². The van der Waals surface area contributed by atoms with Crippen molar-refractivity contribution in [2.75, 3.05) is 0 Å². The van der Waals surface area contributed by atoms with E-state index < -0.39 is 0 Å². The predicted octanol–water partition coefficient (Wildman–Crippen LogP) is 3.12. The van der Waals surface area contributed by atoms with Crippen LogP contribution >= 0.6 is 0 Å². The van der Waals surface area contributed by atoms with Gasteiger partial charge in [-0.05, 0) is 37.3 Å². The minimum Gasteiger partial charge on any atom is -0.303 e. The smallest absolute Gasteiger partial charge is 0.127 e. The van der Waals surface area contributed by atoms with Crippen LogP contribution in [-0.2, 0) is 4.79 Å². The summed E-state index contributed by atoms with van der Waals surface area (Å²) in [7, 11) is 0. The lowest BCUT2D eigenvalue weighted by Gasteiger charge is -2.23. The summed E-state index contributed by atoms with van der Waals surface area (Å²) in [4.78, 5) is 10.7. The molecule has 0 aliphatic heterocycles. The van der Waals surface area contributed by atoms with Crippen molar-refractivity contribution in [1.82, 2.24) is 0 Å². The van der Waals surface area contributed by atoms with E-state index >= 15 is 0 Å². The number of rotatable bonds is 2. The second-order valence-corrected chi connectivity index (χ2v) is 4.13. The van der Waals surface area contributed by atoms with Gasteiger partial charge in [0.05, 0.1) is 0 Å². The first-order chi connectivity index (χ1) is 6.06. The zero-order valence-electron chi connectivity index (χ0n) is 8.92. The first kappa shape index (κ1) is 10.2. The third-order valence-electron chi connectivity index (χ3n) is 2.86. The van der Waals surface area contributed by atoms with Gasteiger partial charge in [-0.3, -0.25) is 0 Å². The summed E-state index contributed by atoms with van der Waals surface area (Å²) in [6.07, 6.45) is 4.41. The van der Waals surface area contributed by atoms with Crippen molar-refractivity contribution in [1.29, 1.82) is 0 Å². The molecule has 0 radical (unpaired) electrons. The Morgan fingerprint density at radius 1 is 1.54 bits per heavy atom. The summed E-state index contributed by atoms with van der Waals surface area (Å²) in [6.45, 7) is 8.45. The molecule has 1 heteroatoms. The summed E-state index contributed by atoms with van der Waals surface area (Å²) in [5.41, 5.74) is 3.97. The summed E-state index contributed by atoms with van der Waals surface area (Å²) in [5.74, 6) is 0.638. The molecule has 72 valence electrons. The van der Waals surface area contributed by atoms with E-state index in [4.69, 9.17) is 0 Å². The molecule has 0 fully saturated rings. The molecule has 1 rings (SSSR count). The second-order valence-electron chi connectivity index (χ2n) is 4.13. The molecular formula is C12H18O. The summed E-state index contributed by atoms with van der Waals surface area (Å²) in [5, 5.41) is 0. The van der Waals surface area contributed by atoms with Crippen LogP contribution < -0.4 is 0 Å². The van der Waals surface area contributed by atoms with E-state index in [1.807, 2.05) is 6.92 Å². The highest BCUT2D eigenvalue weighted by molar-refractivity contribution is 5.62. The Kier molecular flexibility index (Phi) is 3.07. The topological polar surface area (TPSA) is 17.1 Å². The largest absolute Gasteiger partial charge is 0.303 e. The van der Waals surface area contributed by atoms with Crippen LogP contribution in [0.1, 0.15) is 34.1 Å². The standard InChI is InChI=1S/C12H18O/c1-8-5-9(2)11(4)12(6-8)10(3)7-13/h6-8,10H,5H2,1-4H3. The SMILES string of the molecule is CC1=C(C)C(C(C)C=O)=CC(C)C1. The average Bonchev–Trinajstić information content (AvgIpc) is 2.10. The summed E-state index contributed by atoms with van der Waals surface area (Å²) < 4.78 is 0. The van der Waals surface area contributed by atoms with Gasteiger partial charge >= 0.3 is 0 Å². The Hall–Kier alpha value is -0.850. The number of carbonyl (C=O) groups is 1. The van der Waals surface area contributed by atoms with Crippen LogP contribution in [0.2, 0.25) is 0 Å². The number of hydrogen-bond acceptors (Lipinski definition) is 1. The van der Waals surface area contributed by atoms with Crippen LogP contribution in [0.5, 0.6) is 0 Å². The molecule has 0 amide bonds. The van der Waals surface area contributed by atoms with Crippen molar-refractivity contribution in [3.05, 3.63) is 22.8 Å². The Morgan fingerprint density at radius 2 is 2.15 bits per heavy atom. The van der Waals surface area contributed by atoms with Crippen LogP contribution in [0.25, 0.3) is 0 Å². The Morgan fingerprint density at radius 3 is 2.69 bits per heavy atom. The zero-order valence-corrected chi connectivity index (χ0v) is 8.92. The van der Waals surface area contributed by atoms with Gasteiger partial charge in [-0.15, -0.1) is 0 Å². The molecule has 1 aliphatic rings. The van der Waals surface area contributed by atoms with E-state index in [0.717, 1.165) is 12.7 Å². The fourth-order valence-electron chi connectivity index (χ4n) is 1.94. The average molecular weight is 178 g/mol. The lowest BCUT2D eigenvalue weighted by Crippen LogP contribution is -2.10. The molecule has 1 aliphatic carbocycles. The zero-order chi connectivity index (χ0) is 10.0. The molecule has 2 atom stereocenters. The molecule has 0 N–H and O–H groups in total. The highest BCUT2D eigenvalue weighted by Gasteiger charge is 2.17. The van der Waals surface area contributed by atoms with Gasteiger partial charge in [0.2, 0.25) is 0 Å². The van der Waals surface area contributed by atoms with Crippen LogP contribution in [0.15, 0.2) is 22.8 Å². The van der Waals surface area contributed by atoms with Gasteiger partial charge in [0.15, 0.2) is 0 Å². The molecule has 0 bridgehead atoms. The third kappa shape index (κ3) is 2.09. The molecule has 0 aromatic heterocycles. The van der Waals surface area contributed by atoms with Gasteiger partial charge in [-0.2, -0.15) is 0 Å². The number of hydrogen-bond donors (Lipinski definition) is 0. The fraction of sp³-hybridized carbons (Fsp3) is 0.583. The normalized spacial score (nSPS) is 25.5. The highest BCUT2D eigenvalue weighted by Crippen LogP contribution is 2.31. The van der Waals surface area contributed by atoms with Gasteiger partial charge in [-0.1, -0.05) is 25.5 Å². The maximum atomic E-state index is 10.7. The molecule has 2 unspecified atom stereocenters. The van der Waals surface area contributed by atoms with Crippen LogP contribution in [0.3, 0.4) is 0 Å². The quantitative estimate of drug-likeness (QED) is 0.594. The minimum atomic E-state index is 0.0534. The lowest BCUT2D eigenvalue weighted by atomic mass is 9.82. The maximum absolute atomic E-state index is 10.7. The van der Waals surface area contributed by atoms with E-state index in [1.165, 1.54) is 16.7 Å². The second kappa shape index (κ2) is 3.91. The third-order valence-corrected chi connectivity index (χ3v) is 2.86. The van der Waals surface area contributed by atoms with E-state index in [2.05, 4.69) is 26.8 Å². The molecule has 0 aromatic carbocycles. The Balaban J connectivity index is 2.99. The van der Waals surface area contributed by atoms with Crippen molar-refractivity contribution in [3.63, 3.8) is 0 Å². The Bertz CT molecular complexity index is 271. The van der Waals surface area contributed by atoms with E-state index in [-0.39, 0.29) is 5.92 Å². The van der Waals surface area contributed by atoms with Gasteiger partial charge in [-0.25, -0.2) is 0 Å². The monoisotopic (exact) mass is 178 g/mol. The van der Waals surface area contributed by atoms with Crippen LogP contribution in [0, 0.1) is 11.8 Å². The molecule has 0 heterocycles. The van der Waals surface area contributed by atoms with Crippen molar-refractivity contribution in [2.45, 2.75) is 34.1 Å². The molecule has 0 saturated heterocycles. The summed E-state index contributed by atoms with van der Waals surface area (Å²) >= 11 is 0. The van der Waals surface area contributed by atoms with Gasteiger partial charge in [0.1, 0.15) is 6.29 Å². The minimum absolute atomic E-state index is 0.0534. The summed E-state index contributed by atoms with van der Waals surface area (Å²) in [6, 6.07) is 0. The molecular weight excluding hydrogens is 160 g/mol. The molecule has 1 nitrogen and oxygen atoms in total. The lowest BCUT2D eigenvalue weighted by molar-refractivity contribution is -0.109. The predicted molar refractivity (Wildman–Crippen MR) is 55.5 cm³/mol. The van der Waals surface area contributed by atoms with Crippen molar-refractivity contribution in [3.8, 4) is 0 Å². The molecule has 13 heavy (non-hydrogen) atoms. The van der Waals surface area contributed by atoms with Gasteiger partial charge < -0.3 is 4.79 Å². The van der Waals surface area contributed by atoms with Crippen molar-refractivity contribution < 1.29 is 4.79 Å². The first-order valence-corrected chi connectivity index (χ1v) is 4.90. The van der Waals surface area contributed by atoms with Gasteiger partial charge in [0, 0.05) is 5.92 Å². The Labute approximate surface area is 80.5 Å².